The third kappa shape index (κ3) is 3.69. The third-order valence-electron chi connectivity index (χ3n) is 5.58. The first-order valence-corrected chi connectivity index (χ1v) is 9.77. The molecule has 0 bridgehead atoms. The van der Waals surface area contributed by atoms with E-state index in [9.17, 15) is 5.11 Å². The van der Waals surface area contributed by atoms with Gasteiger partial charge in [-0.2, -0.15) is 0 Å². The lowest BCUT2D eigenvalue weighted by Crippen LogP contribution is -3.11. The molecule has 1 aliphatic heterocycles. The molecule has 0 atom stereocenters. The Morgan fingerprint density at radius 3 is 2.62 bits per heavy atom. The van der Waals surface area contributed by atoms with Gasteiger partial charge in [-0.25, -0.2) is 4.98 Å². The number of aromatic nitrogens is 1. The van der Waals surface area contributed by atoms with Crippen LogP contribution in [0.4, 0.5) is 0 Å². The number of phenols is 1. The number of pyridine rings is 1. The largest absolute Gasteiger partial charge is 0.502 e. The lowest BCUT2D eigenvalue weighted by Gasteiger charge is -2.29. The summed E-state index contributed by atoms with van der Waals surface area (Å²) in [6.07, 6.45) is 5.47. The van der Waals surface area contributed by atoms with E-state index in [0.29, 0.717) is 10.8 Å². The number of quaternary nitrogens is 1. The van der Waals surface area contributed by atoms with Gasteiger partial charge in [-0.05, 0) is 42.9 Å². The molecule has 26 heavy (non-hydrogen) atoms. The number of phenolic OH excluding ortho intramolecular Hbond substituents is 1. The lowest BCUT2D eigenvalue weighted by atomic mass is 9.90. The highest BCUT2D eigenvalue weighted by atomic mass is 35.5. The number of piperidine rings is 1. The molecule has 1 aliphatic rings. The molecule has 4 rings (SSSR count). The molecular formula is C22H25ClN2O+2. The summed E-state index contributed by atoms with van der Waals surface area (Å²) in [5, 5.41) is 12.2. The fraction of sp³-hybridized carbons (Fsp3) is 0.318. The number of likely N-dealkylation sites (tertiary alicyclic amines) is 1. The molecular weight excluding hydrogens is 344 g/mol. The van der Waals surface area contributed by atoms with Gasteiger partial charge in [-0.3, -0.25) is 0 Å². The number of benzene rings is 2. The summed E-state index contributed by atoms with van der Waals surface area (Å²) < 4.78 is 0. The van der Waals surface area contributed by atoms with Crippen LogP contribution in [0.3, 0.4) is 0 Å². The third-order valence-corrected chi connectivity index (χ3v) is 5.89. The molecule has 0 saturated carbocycles. The molecule has 0 spiro atoms. The van der Waals surface area contributed by atoms with Gasteiger partial charge in [0.15, 0.2) is 11.9 Å². The van der Waals surface area contributed by atoms with E-state index >= 15 is 0 Å². The van der Waals surface area contributed by atoms with E-state index in [1.165, 1.54) is 29.7 Å². The SMILES string of the molecule is Oc1c(C[NH+]2CCC(Cc3ccccc3)CC2)cc(Cl)c2ccc[nH+]c12. The fourth-order valence-electron chi connectivity index (χ4n) is 4.11. The van der Waals surface area contributed by atoms with Gasteiger partial charge in [0.05, 0.1) is 29.1 Å². The quantitative estimate of drug-likeness (QED) is 0.730. The summed E-state index contributed by atoms with van der Waals surface area (Å²) in [6.45, 7) is 3.11. The minimum Gasteiger partial charge on any atom is -0.502 e. The average molecular weight is 369 g/mol. The molecule has 3 nitrogen and oxygen atoms in total. The van der Waals surface area contributed by atoms with Gasteiger partial charge < -0.3 is 10.0 Å². The van der Waals surface area contributed by atoms with E-state index in [1.807, 2.05) is 24.4 Å². The van der Waals surface area contributed by atoms with Crippen LogP contribution in [-0.2, 0) is 13.0 Å². The number of hydrogen-bond donors (Lipinski definition) is 2. The fourth-order valence-corrected chi connectivity index (χ4v) is 4.40. The van der Waals surface area contributed by atoms with Crippen LogP contribution in [0.25, 0.3) is 10.9 Å². The van der Waals surface area contributed by atoms with Gasteiger partial charge in [0.2, 0.25) is 0 Å². The van der Waals surface area contributed by atoms with Crippen LogP contribution in [0.15, 0.2) is 54.7 Å². The number of hydrogen-bond acceptors (Lipinski definition) is 1. The minimum absolute atomic E-state index is 0.337. The number of halogens is 1. The second-order valence-corrected chi connectivity index (χ2v) is 7.79. The zero-order chi connectivity index (χ0) is 17.9. The Kier molecular flexibility index (Phi) is 5.09. The molecule has 4 heteroatoms. The Morgan fingerprint density at radius 1 is 1.08 bits per heavy atom. The first kappa shape index (κ1) is 17.3. The highest BCUT2D eigenvalue weighted by molar-refractivity contribution is 6.35. The van der Waals surface area contributed by atoms with Gasteiger partial charge >= 0.3 is 0 Å². The molecule has 0 amide bonds. The Hall–Kier alpha value is -2.10. The maximum Gasteiger partial charge on any atom is 0.255 e. The number of aromatic hydroxyl groups is 1. The summed E-state index contributed by atoms with van der Waals surface area (Å²) in [6, 6.07) is 16.5. The second-order valence-electron chi connectivity index (χ2n) is 7.38. The van der Waals surface area contributed by atoms with Crippen molar-refractivity contribution in [3.05, 3.63) is 70.9 Å². The summed E-state index contributed by atoms with van der Waals surface area (Å²) in [5.41, 5.74) is 3.10. The van der Waals surface area contributed by atoms with Crippen molar-refractivity contribution in [1.29, 1.82) is 0 Å². The van der Waals surface area contributed by atoms with Gasteiger partial charge in [0, 0.05) is 6.07 Å². The average Bonchev–Trinajstić information content (AvgIpc) is 2.68. The standard InChI is InChI=1S/C22H23ClN2O/c23-20-14-18(22(26)21-19(20)7-4-10-24-21)15-25-11-8-17(9-12-25)13-16-5-2-1-3-6-16/h1-7,10,14,17,26H,8-9,11-13,15H2/p+2. The van der Waals surface area contributed by atoms with E-state index in [4.69, 9.17) is 11.6 Å². The Morgan fingerprint density at radius 2 is 1.85 bits per heavy atom. The van der Waals surface area contributed by atoms with Gasteiger partial charge in [-0.1, -0.05) is 41.9 Å². The van der Waals surface area contributed by atoms with Crippen LogP contribution in [0.2, 0.25) is 5.02 Å². The van der Waals surface area contributed by atoms with E-state index in [2.05, 4.69) is 35.3 Å². The van der Waals surface area contributed by atoms with Crippen molar-refractivity contribution in [3.63, 3.8) is 0 Å². The number of fused-ring (bicyclic) bond motifs is 1. The van der Waals surface area contributed by atoms with Gasteiger partial charge in [0.1, 0.15) is 6.54 Å². The molecule has 2 aromatic carbocycles. The van der Waals surface area contributed by atoms with Crippen molar-refractivity contribution in [2.75, 3.05) is 13.1 Å². The molecule has 1 fully saturated rings. The van der Waals surface area contributed by atoms with Crippen molar-refractivity contribution in [1.82, 2.24) is 0 Å². The summed E-state index contributed by atoms with van der Waals surface area (Å²) in [5.74, 6) is 1.10. The first-order chi connectivity index (χ1) is 12.7. The van der Waals surface area contributed by atoms with Crippen LogP contribution < -0.4 is 9.88 Å². The van der Waals surface area contributed by atoms with Crippen LogP contribution in [0, 0.1) is 5.92 Å². The van der Waals surface area contributed by atoms with Gasteiger partial charge in [0.25, 0.3) is 5.52 Å². The zero-order valence-corrected chi connectivity index (χ0v) is 15.6. The molecule has 0 aliphatic carbocycles. The Balaban J connectivity index is 1.42. The first-order valence-electron chi connectivity index (χ1n) is 9.39. The molecule has 0 radical (unpaired) electrons. The molecule has 134 valence electrons. The second kappa shape index (κ2) is 7.65. The number of nitrogens with one attached hydrogen (secondary N) is 2. The van der Waals surface area contributed by atoms with Crippen molar-refractivity contribution in [3.8, 4) is 5.75 Å². The minimum atomic E-state index is 0.337. The molecule has 1 aromatic heterocycles. The van der Waals surface area contributed by atoms with Crippen molar-refractivity contribution >= 4 is 22.5 Å². The molecule has 3 N–H and O–H groups in total. The Bertz CT molecular complexity index is 889. The van der Waals surface area contributed by atoms with Crippen LogP contribution in [0.1, 0.15) is 24.0 Å². The van der Waals surface area contributed by atoms with E-state index < -0.39 is 0 Å². The smallest absolute Gasteiger partial charge is 0.255 e. The van der Waals surface area contributed by atoms with E-state index in [-0.39, 0.29) is 0 Å². The summed E-state index contributed by atoms with van der Waals surface area (Å²) in [7, 11) is 0. The molecule has 1 saturated heterocycles. The molecule has 3 aromatic rings. The molecule has 2 heterocycles. The predicted octanol–water partition coefficient (Wildman–Crippen LogP) is 3.05. The highest BCUT2D eigenvalue weighted by Gasteiger charge is 2.25. The maximum absolute atomic E-state index is 10.6. The van der Waals surface area contributed by atoms with Gasteiger partial charge in [-0.15, -0.1) is 0 Å². The highest BCUT2D eigenvalue weighted by Crippen LogP contribution is 2.31. The maximum atomic E-state index is 10.6. The van der Waals surface area contributed by atoms with E-state index in [0.717, 1.165) is 42.0 Å². The monoisotopic (exact) mass is 368 g/mol. The van der Waals surface area contributed by atoms with Crippen molar-refractivity contribution in [2.24, 2.45) is 5.92 Å². The van der Waals surface area contributed by atoms with Crippen molar-refractivity contribution in [2.45, 2.75) is 25.8 Å². The van der Waals surface area contributed by atoms with E-state index in [1.54, 1.807) is 0 Å². The Labute approximate surface area is 159 Å². The van der Waals surface area contributed by atoms with Crippen LogP contribution >= 0.6 is 11.6 Å². The van der Waals surface area contributed by atoms with Crippen LogP contribution in [-0.4, -0.2) is 18.2 Å². The number of rotatable bonds is 4. The summed E-state index contributed by atoms with van der Waals surface area (Å²) >= 11 is 6.42. The number of aromatic amines is 1. The molecule has 0 unspecified atom stereocenters. The zero-order valence-electron chi connectivity index (χ0n) is 14.8. The topological polar surface area (TPSA) is 38.8 Å². The number of H-pyrrole nitrogens is 1. The summed E-state index contributed by atoms with van der Waals surface area (Å²) in [4.78, 5) is 4.65. The van der Waals surface area contributed by atoms with Crippen molar-refractivity contribution < 1.29 is 15.0 Å². The normalized spacial score (nSPS) is 20.3. The van der Waals surface area contributed by atoms with Crippen LogP contribution in [0.5, 0.6) is 5.75 Å². The lowest BCUT2D eigenvalue weighted by molar-refractivity contribution is -0.919. The predicted molar refractivity (Wildman–Crippen MR) is 104 cm³/mol.